The molecular formula is C9H10I2O7S2. The van der Waals surface area contributed by atoms with Gasteiger partial charge in [0, 0.05) is 3.57 Å². The molecule has 1 aromatic rings. The van der Waals surface area contributed by atoms with Gasteiger partial charge in [0.1, 0.15) is 17.6 Å². The van der Waals surface area contributed by atoms with Crippen LogP contribution in [0.1, 0.15) is 0 Å². The molecule has 0 bridgehead atoms. The van der Waals surface area contributed by atoms with Crippen molar-refractivity contribution < 1.29 is 30.7 Å². The van der Waals surface area contributed by atoms with Gasteiger partial charge in [0.2, 0.25) is 0 Å². The van der Waals surface area contributed by atoms with Crippen molar-refractivity contribution in [3.05, 3.63) is 25.3 Å². The lowest BCUT2D eigenvalue weighted by atomic mass is 10.3. The minimum absolute atomic E-state index is 0.362. The highest BCUT2D eigenvalue weighted by molar-refractivity contribution is 14.1. The predicted octanol–water partition coefficient (Wildman–Crippen LogP) is 1.42. The van der Waals surface area contributed by atoms with Gasteiger partial charge < -0.3 is 4.74 Å². The van der Waals surface area contributed by atoms with Gasteiger partial charge in [-0.2, -0.15) is 16.8 Å². The zero-order valence-corrected chi connectivity index (χ0v) is 15.7. The number of ether oxygens (including phenoxy) is 1. The van der Waals surface area contributed by atoms with E-state index in [4.69, 9.17) is 13.8 Å². The van der Waals surface area contributed by atoms with Crippen molar-refractivity contribution in [2.75, 3.05) is 12.4 Å². The van der Waals surface area contributed by atoms with Crippen molar-refractivity contribution in [1.82, 2.24) is 0 Å². The molecule has 0 saturated carbocycles. The van der Waals surface area contributed by atoms with Crippen LogP contribution in [0.3, 0.4) is 0 Å². The Hall–Kier alpha value is 0.300. The summed E-state index contributed by atoms with van der Waals surface area (Å²) in [5, 5.41) is -1.76. The van der Waals surface area contributed by atoms with E-state index in [9.17, 15) is 16.8 Å². The quantitative estimate of drug-likeness (QED) is 0.408. The van der Waals surface area contributed by atoms with Gasteiger partial charge in [-0.05, 0) is 63.4 Å². The van der Waals surface area contributed by atoms with E-state index in [1.54, 1.807) is 12.1 Å². The predicted molar refractivity (Wildman–Crippen MR) is 89.1 cm³/mol. The van der Waals surface area contributed by atoms with Crippen LogP contribution in [0.25, 0.3) is 0 Å². The fourth-order valence-corrected chi connectivity index (χ4v) is 4.19. The van der Waals surface area contributed by atoms with Gasteiger partial charge in [-0.25, -0.2) is 0 Å². The molecule has 0 spiro atoms. The Kier molecular flexibility index (Phi) is 6.46. The lowest BCUT2D eigenvalue weighted by Gasteiger charge is -2.14. The molecule has 1 unspecified atom stereocenters. The first-order valence-corrected chi connectivity index (χ1v) is 10.3. The number of benzene rings is 1. The molecule has 0 aliphatic rings. The summed E-state index contributed by atoms with van der Waals surface area (Å²) >= 11 is 4.00. The molecule has 7 nitrogen and oxygen atoms in total. The number of halogens is 2. The molecule has 0 aliphatic carbocycles. The van der Waals surface area contributed by atoms with Crippen LogP contribution >= 0.6 is 45.2 Å². The van der Waals surface area contributed by atoms with Gasteiger partial charge in [-0.3, -0.25) is 9.11 Å². The molecule has 1 rings (SSSR count). The number of rotatable bonds is 6. The second-order valence-electron chi connectivity index (χ2n) is 3.77. The highest BCUT2D eigenvalue weighted by Crippen LogP contribution is 2.23. The zero-order chi connectivity index (χ0) is 15.6. The van der Waals surface area contributed by atoms with E-state index in [0.717, 1.165) is 3.57 Å². The van der Waals surface area contributed by atoms with Gasteiger partial charge in [0.15, 0.2) is 0 Å². The summed E-state index contributed by atoms with van der Waals surface area (Å²) in [7, 11) is -9.21. The summed E-state index contributed by atoms with van der Waals surface area (Å²) in [6.45, 7) is -0.589. The molecular weight excluding hydrogens is 538 g/mol. The van der Waals surface area contributed by atoms with E-state index in [-0.39, 0.29) is 0 Å². The minimum atomic E-state index is -4.66. The smallest absolute Gasteiger partial charge is 0.272 e. The molecule has 1 atom stereocenters. The number of hydrogen-bond acceptors (Lipinski definition) is 5. The standard InChI is InChI=1S/C9H10I2O7S2/c10-6-1-2-8(11)9(3-6)18-4-7(20(15,16)17)5-19(12,13)14/h1-3,7H,4-5H2,(H,12,13,14)(H,15,16,17). The first kappa shape index (κ1) is 18.3. The van der Waals surface area contributed by atoms with Crippen molar-refractivity contribution in [1.29, 1.82) is 0 Å². The van der Waals surface area contributed by atoms with Gasteiger partial charge >= 0.3 is 0 Å². The molecule has 0 saturated heterocycles. The summed E-state index contributed by atoms with van der Waals surface area (Å²) in [4.78, 5) is 0. The summed E-state index contributed by atoms with van der Waals surface area (Å²) < 4.78 is 68.1. The minimum Gasteiger partial charge on any atom is -0.491 e. The Bertz CT molecular complexity index is 684. The highest BCUT2D eigenvalue weighted by atomic mass is 127. The Balaban J connectivity index is 2.90. The summed E-state index contributed by atoms with van der Waals surface area (Å²) in [5.41, 5.74) is 0. The molecule has 20 heavy (non-hydrogen) atoms. The average Bonchev–Trinajstić information content (AvgIpc) is 2.25. The molecule has 11 heteroatoms. The second-order valence-corrected chi connectivity index (χ2v) is 9.37. The Labute approximate surface area is 143 Å². The van der Waals surface area contributed by atoms with Crippen molar-refractivity contribution in [2.24, 2.45) is 0 Å². The van der Waals surface area contributed by atoms with Crippen molar-refractivity contribution >= 4 is 65.4 Å². The average molecular weight is 548 g/mol. The largest absolute Gasteiger partial charge is 0.491 e. The monoisotopic (exact) mass is 548 g/mol. The van der Waals surface area contributed by atoms with Crippen LogP contribution in [-0.2, 0) is 20.2 Å². The molecule has 0 aromatic heterocycles. The third-order valence-electron chi connectivity index (χ3n) is 2.14. The molecule has 0 radical (unpaired) electrons. The Morgan fingerprint density at radius 3 is 2.25 bits per heavy atom. The third kappa shape index (κ3) is 6.38. The molecule has 114 valence electrons. The van der Waals surface area contributed by atoms with Gasteiger partial charge in [-0.15, -0.1) is 0 Å². The topological polar surface area (TPSA) is 118 Å². The summed E-state index contributed by atoms with van der Waals surface area (Å²) in [6, 6.07) is 5.19. The van der Waals surface area contributed by atoms with Crippen molar-refractivity contribution in [3.63, 3.8) is 0 Å². The SMILES string of the molecule is O=S(=O)(O)CC(COc1cc(I)ccc1I)S(=O)(=O)O. The van der Waals surface area contributed by atoms with E-state index in [1.165, 1.54) is 0 Å². The van der Waals surface area contributed by atoms with E-state index in [0.29, 0.717) is 9.32 Å². The molecule has 0 amide bonds. The fraction of sp³-hybridized carbons (Fsp3) is 0.333. The number of hydrogen-bond donors (Lipinski definition) is 2. The van der Waals surface area contributed by atoms with Crippen LogP contribution in [0.5, 0.6) is 5.75 Å². The fourth-order valence-electron chi connectivity index (χ4n) is 1.23. The maximum Gasteiger partial charge on any atom is 0.272 e. The molecule has 0 fully saturated rings. The van der Waals surface area contributed by atoms with Crippen molar-refractivity contribution in [3.8, 4) is 5.75 Å². The van der Waals surface area contributed by atoms with Crippen LogP contribution in [-0.4, -0.2) is 43.6 Å². The first-order chi connectivity index (χ1) is 8.99. The van der Waals surface area contributed by atoms with Crippen LogP contribution in [0.15, 0.2) is 18.2 Å². The summed E-state index contributed by atoms with van der Waals surface area (Å²) in [6.07, 6.45) is 0. The maximum absolute atomic E-state index is 11.1. The zero-order valence-electron chi connectivity index (χ0n) is 9.73. The third-order valence-corrected chi connectivity index (χ3v) is 5.88. The Morgan fingerprint density at radius 2 is 1.75 bits per heavy atom. The van der Waals surface area contributed by atoms with E-state index >= 15 is 0 Å². The van der Waals surface area contributed by atoms with E-state index < -0.39 is 37.8 Å². The Morgan fingerprint density at radius 1 is 1.15 bits per heavy atom. The molecule has 2 N–H and O–H groups in total. The van der Waals surface area contributed by atoms with Crippen LogP contribution in [0, 0.1) is 7.14 Å². The first-order valence-electron chi connectivity index (χ1n) is 4.98. The van der Waals surface area contributed by atoms with Gasteiger partial charge in [-0.1, -0.05) is 0 Å². The summed E-state index contributed by atoms with van der Waals surface area (Å²) in [5.74, 6) is -0.770. The molecule has 0 heterocycles. The van der Waals surface area contributed by atoms with Crippen molar-refractivity contribution in [2.45, 2.75) is 5.25 Å². The second kappa shape index (κ2) is 7.04. The lowest BCUT2D eigenvalue weighted by Crippen LogP contribution is -2.34. The van der Waals surface area contributed by atoms with Gasteiger partial charge in [0.05, 0.1) is 9.32 Å². The maximum atomic E-state index is 11.1. The highest BCUT2D eigenvalue weighted by Gasteiger charge is 2.29. The normalized spacial score (nSPS) is 14.0. The van der Waals surface area contributed by atoms with Crippen LogP contribution in [0.4, 0.5) is 0 Å². The molecule has 1 aromatic carbocycles. The van der Waals surface area contributed by atoms with E-state index in [2.05, 4.69) is 0 Å². The van der Waals surface area contributed by atoms with Crippen LogP contribution < -0.4 is 4.74 Å². The van der Waals surface area contributed by atoms with Gasteiger partial charge in [0.25, 0.3) is 20.2 Å². The van der Waals surface area contributed by atoms with E-state index in [1.807, 2.05) is 51.2 Å². The van der Waals surface area contributed by atoms with Crippen LogP contribution in [0.2, 0.25) is 0 Å². The molecule has 0 aliphatic heterocycles. The lowest BCUT2D eigenvalue weighted by molar-refractivity contribution is 0.307.